The van der Waals surface area contributed by atoms with Crippen LogP contribution in [0.25, 0.3) is 0 Å². The van der Waals surface area contributed by atoms with Gasteiger partial charge in [0.1, 0.15) is 0 Å². The molecule has 0 aliphatic heterocycles. The Morgan fingerprint density at radius 3 is 2.04 bits per heavy atom. The molecule has 28 heavy (non-hydrogen) atoms. The molecule has 0 bridgehead atoms. The van der Waals surface area contributed by atoms with Gasteiger partial charge >= 0.3 is 0 Å². The van der Waals surface area contributed by atoms with Gasteiger partial charge in [-0.15, -0.1) is 0 Å². The molecule has 4 nitrogen and oxygen atoms in total. The van der Waals surface area contributed by atoms with Crippen molar-refractivity contribution < 1.29 is 9.59 Å². The highest BCUT2D eigenvalue weighted by Crippen LogP contribution is 2.13. The average Bonchev–Trinajstić information content (AvgIpc) is 2.73. The van der Waals surface area contributed by atoms with Crippen molar-refractivity contribution in [2.75, 3.05) is 5.32 Å². The van der Waals surface area contributed by atoms with E-state index in [2.05, 4.69) is 17.6 Å². The largest absolute Gasteiger partial charge is 0.348 e. The maximum absolute atomic E-state index is 12.5. The molecule has 0 spiro atoms. The molecule has 0 radical (unpaired) electrons. The number of nitrogens with one attached hydrogen (secondary N) is 2. The molecule has 0 aliphatic carbocycles. The van der Waals surface area contributed by atoms with E-state index >= 15 is 0 Å². The summed E-state index contributed by atoms with van der Waals surface area (Å²) in [5.41, 5.74) is 5.06. The van der Waals surface area contributed by atoms with Gasteiger partial charge in [-0.2, -0.15) is 0 Å². The predicted octanol–water partition coefficient (Wildman–Crippen LogP) is 4.74. The van der Waals surface area contributed by atoms with E-state index in [9.17, 15) is 9.59 Å². The Kier molecular flexibility index (Phi) is 6.22. The Morgan fingerprint density at radius 2 is 1.39 bits per heavy atom. The average molecular weight is 372 g/mol. The minimum absolute atomic E-state index is 0.206. The van der Waals surface area contributed by atoms with E-state index < -0.39 is 0 Å². The van der Waals surface area contributed by atoms with Crippen LogP contribution >= 0.6 is 0 Å². The van der Waals surface area contributed by atoms with Crippen LogP contribution in [0, 0.1) is 6.92 Å². The van der Waals surface area contributed by atoms with Crippen LogP contribution in [-0.4, -0.2) is 11.8 Å². The summed E-state index contributed by atoms with van der Waals surface area (Å²) in [6.07, 6.45) is 0.952. The summed E-state index contributed by atoms with van der Waals surface area (Å²) in [5, 5.41) is 5.76. The second-order valence-corrected chi connectivity index (χ2v) is 6.75. The number of rotatable bonds is 6. The summed E-state index contributed by atoms with van der Waals surface area (Å²) < 4.78 is 0. The Labute approximate surface area is 165 Å². The summed E-state index contributed by atoms with van der Waals surface area (Å²) in [6, 6.07) is 22.5. The van der Waals surface area contributed by atoms with Crippen LogP contribution in [-0.2, 0) is 13.0 Å². The van der Waals surface area contributed by atoms with Gasteiger partial charge < -0.3 is 10.6 Å². The molecule has 3 aromatic rings. The first-order valence-electron chi connectivity index (χ1n) is 9.39. The Morgan fingerprint density at radius 1 is 0.786 bits per heavy atom. The molecule has 0 aromatic heterocycles. The zero-order chi connectivity index (χ0) is 19.9. The molecule has 2 amide bonds. The smallest absolute Gasteiger partial charge is 0.255 e. The van der Waals surface area contributed by atoms with E-state index in [-0.39, 0.29) is 11.8 Å². The van der Waals surface area contributed by atoms with Crippen molar-refractivity contribution in [3.63, 3.8) is 0 Å². The number of anilines is 1. The fraction of sp³-hybridized carbons (Fsp3) is 0.167. The van der Waals surface area contributed by atoms with Gasteiger partial charge in [-0.25, -0.2) is 0 Å². The SMILES string of the molecule is CCc1ccc(NC(=O)c2cccc(C(=O)NCc3ccc(C)cc3)c2)cc1. The van der Waals surface area contributed by atoms with Crippen molar-refractivity contribution in [3.8, 4) is 0 Å². The van der Waals surface area contributed by atoms with E-state index in [1.165, 1.54) is 11.1 Å². The molecule has 4 heteroatoms. The molecule has 0 saturated heterocycles. The topological polar surface area (TPSA) is 58.2 Å². The third-order valence-corrected chi connectivity index (χ3v) is 4.58. The van der Waals surface area contributed by atoms with Crippen LogP contribution in [0.5, 0.6) is 0 Å². The molecular formula is C24H24N2O2. The number of aryl methyl sites for hydroxylation is 2. The third kappa shape index (κ3) is 5.07. The van der Waals surface area contributed by atoms with Crippen molar-refractivity contribution in [2.45, 2.75) is 26.8 Å². The quantitative estimate of drug-likeness (QED) is 0.657. The lowest BCUT2D eigenvalue weighted by atomic mass is 10.1. The van der Waals surface area contributed by atoms with Crippen molar-refractivity contribution in [2.24, 2.45) is 0 Å². The van der Waals surface area contributed by atoms with Crippen molar-refractivity contribution in [1.29, 1.82) is 0 Å². The lowest BCUT2D eigenvalue weighted by Crippen LogP contribution is -2.23. The fourth-order valence-corrected chi connectivity index (χ4v) is 2.82. The summed E-state index contributed by atoms with van der Waals surface area (Å²) in [6.45, 7) is 4.55. The molecule has 0 heterocycles. The second-order valence-electron chi connectivity index (χ2n) is 6.75. The van der Waals surface area contributed by atoms with Gasteiger partial charge in [0, 0.05) is 23.4 Å². The number of carbonyl (C=O) groups is 2. The van der Waals surface area contributed by atoms with Gasteiger partial charge in [-0.3, -0.25) is 9.59 Å². The number of carbonyl (C=O) groups excluding carboxylic acids is 2. The van der Waals surface area contributed by atoms with Crippen LogP contribution in [0.2, 0.25) is 0 Å². The zero-order valence-electron chi connectivity index (χ0n) is 16.2. The summed E-state index contributed by atoms with van der Waals surface area (Å²) in [4.78, 5) is 25.0. The van der Waals surface area contributed by atoms with Crippen molar-refractivity contribution >= 4 is 17.5 Å². The van der Waals surface area contributed by atoms with E-state index in [4.69, 9.17) is 0 Å². The molecule has 0 aliphatic rings. The van der Waals surface area contributed by atoms with Crippen molar-refractivity contribution in [1.82, 2.24) is 5.32 Å². The highest BCUT2D eigenvalue weighted by Gasteiger charge is 2.11. The van der Waals surface area contributed by atoms with E-state index in [0.29, 0.717) is 17.7 Å². The molecule has 2 N–H and O–H groups in total. The van der Waals surface area contributed by atoms with Crippen LogP contribution in [0.15, 0.2) is 72.8 Å². The maximum Gasteiger partial charge on any atom is 0.255 e. The molecular weight excluding hydrogens is 348 g/mol. The minimum Gasteiger partial charge on any atom is -0.348 e. The van der Waals surface area contributed by atoms with Gasteiger partial charge in [0.15, 0.2) is 0 Å². The van der Waals surface area contributed by atoms with Crippen LogP contribution in [0.4, 0.5) is 5.69 Å². The summed E-state index contributed by atoms with van der Waals surface area (Å²) in [5.74, 6) is -0.444. The van der Waals surface area contributed by atoms with E-state index in [0.717, 1.165) is 17.7 Å². The Balaban J connectivity index is 1.64. The first kappa shape index (κ1) is 19.4. The lowest BCUT2D eigenvalue weighted by molar-refractivity contribution is 0.0951. The van der Waals surface area contributed by atoms with Crippen molar-refractivity contribution in [3.05, 3.63) is 101 Å². The summed E-state index contributed by atoms with van der Waals surface area (Å²) in [7, 11) is 0. The first-order chi connectivity index (χ1) is 13.5. The molecule has 142 valence electrons. The molecule has 3 rings (SSSR count). The van der Waals surface area contributed by atoms with Gasteiger partial charge in [0.05, 0.1) is 0 Å². The van der Waals surface area contributed by atoms with Gasteiger partial charge in [0.2, 0.25) is 0 Å². The fourth-order valence-electron chi connectivity index (χ4n) is 2.82. The highest BCUT2D eigenvalue weighted by atomic mass is 16.2. The standard InChI is InChI=1S/C24H24N2O2/c1-3-18-11-13-22(14-12-18)26-24(28)21-6-4-5-20(15-21)23(27)25-16-19-9-7-17(2)8-10-19/h4-15H,3,16H2,1-2H3,(H,25,27)(H,26,28). The summed E-state index contributed by atoms with van der Waals surface area (Å²) >= 11 is 0. The van der Waals surface area contributed by atoms with Crippen LogP contribution in [0.1, 0.15) is 44.3 Å². The van der Waals surface area contributed by atoms with Crippen LogP contribution in [0.3, 0.4) is 0 Å². The van der Waals surface area contributed by atoms with Gasteiger partial charge in [0.25, 0.3) is 11.8 Å². The first-order valence-corrected chi connectivity index (χ1v) is 9.39. The molecule has 3 aromatic carbocycles. The number of hydrogen-bond acceptors (Lipinski definition) is 2. The Bertz CT molecular complexity index is 961. The predicted molar refractivity (Wildman–Crippen MR) is 113 cm³/mol. The molecule has 0 saturated carbocycles. The molecule has 0 fully saturated rings. The monoisotopic (exact) mass is 372 g/mol. The normalized spacial score (nSPS) is 10.4. The molecule has 0 atom stereocenters. The maximum atomic E-state index is 12.5. The van der Waals surface area contributed by atoms with Gasteiger partial charge in [-0.1, -0.05) is 55.0 Å². The molecule has 0 unspecified atom stereocenters. The van der Waals surface area contributed by atoms with Crippen LogP contribution < -0.4 is 10.6 Å². The third-order valence-electron chi connectivity index (χ3n) is 4.58. The number of hydrogen-bond donors (Lipinski definition) is 2. The number of amides is 2. The Hall–Kier alpha value is -3.40. The minimum atomic E-state index is -0.238. The van der Waals surface area contributed by atoms with E-state index in [1.54, 1.807) is 24.3 Å². The highest BCUT2D eigenvalue weighted by molar-refractivity contribution is 6.06. The second kappa shape index (κ2) is 9.00. The van der Waals surface area contributed by atoms with Gasteiger partial charge in [-0.05, 0) is 54.8 Å². The van der Waals surface area contributed by atoms with E-state index in [1.807, 2.05) is 55.5 Å². The number of benzene rings is 3. The lowest BCUT2D eigenvalue weighted by Gasteiger charge is -2.09. The zero-order valence-corrected chi connectivity index (χ0v) is 16.2.